The van der Waals surface area contributed by atoms with Gasteiger partial charge < -0.3 is 11.1 Å². The van der Waals surface area contributed by atoms with Crippen molar-refractivity contribution in [2.75, 3.05) is 13.1 Å². The minimum Gasteiger partial charge on any atom is -0.345 e. The molecule has 0 unspecified atom stereocenters. The van der Waals surface area contributed by atoms with Gasteiger partial charge in [-0.1, -0.05) is 18.2 Å². The Morgan fingerprint density at radius 3 is 2.76 bits per heavy atom. The van der Waals surface area contributed by atoms with Crippen molar-refractivity contribution in [1.29, 1.82) is 0 Å². The van der Waals surface area contributed by atoms with Crippen LogP contribution >= 0.6 is 12.4 Å². The lowest BCUT2D eigenvalue weighted by atomic mass is 10.1. The number of benzene rings is 1. The Kier molecular flexibility index (Phi) is 5.80. The lowest BCUT2D eigenvalue weighted by Crippen LogP contribution is -2.41. The maximum atomic E-state index is 13.3. The van der Waals surface area contributed by atoms with Crippen molar-refractivity contribution in [2.24, 2.45) is 5.73 Å². The number of hydrogen-bond donors (Lipinski definition) is 2. The maximum Gasteiger partial charge on any atom is 0.277 e. The van der Waals surface area contributed by atoms with E-state index < -0.39 is 24.9 Å². The summed E-state index contributed by atoms with van der Waals surface area (Å²) in [5.74, 6) is -3.69. The van der Waals surface area contributed by atoms with Gasteiger partial charge in [0.1, 0.15) is 0 Å². The highest BCUT2D eigenvalue weighted by molar-refractivity contribution is 5.94. The molecule has 0 bridgehead atoms. The molecule has 1 aromatic heterocycles. The smallest absolute Gasteiger partial charge is 0.277 e. The normalized spacial score (nSPS) is 13.3. The molecule has 25 heavy (non-hydrogen) atoms. The molecule has 136 valence electrons. The Labute approximate surface area is 151 Å². The van der Waals surface area contributed by atoms with Crippen molar-refractivity contribution < 1.29 is 13.6 Å². The lowest BCUT2D eigenvalue weighted by Gasteiger charge is -2.14. The largest absolute Gasteiger partial charge is 0.345 e. The topological polar surface area (TPSA) is 72.9 Å². The van der Waals surface area contributed by atoms with Crippen LogP contribution in [-0.2, 0) is 12.8 Å². The fraction of sp³-hybridized carbons (Fsp3) is 0.412. The second kappa shape index (κ2) is 7.49. The van der Waals surface area contributed by atoms with Crippen molar-refractivity contribution in [3.8, 4) is 5.69 Å². The molecule has 8 heteroatoms. The molecule has 1 aromatic carbocycles. The Morgan fingerprint density at radius 2 is 2.08 bits per heavy atom. The maximum absolute atomic E-state index is 13.3. The van der Waals surface area contributed by atoms with Gasteiger partial charge in [0.25, 0.3) is 11.8 Å². The highest BCUT2D eigenvalue weighted by Gasteiger charge is 2.31. The van der Waals surface area contributed by atoms with Crippen molar-refractivity contribution in [2.45, 2.75) is 32.1 Å². The summed E-state index contributed by atoms with van der Waals surface area (Å²) in [6.07, 6.45) is 2.48. The summed E-state index contributed by atoms with van der Waals surface area (Å²) in [5.41, 5.74) is 9.01. The van der Waals surface area contributed by atoms with E-state index in [1.54, 1.807) is 4.68 Å². The average molecular weight is 371 g/mol. The van der Waals surface area contributed by atoms with E-state index in [9.17, 15) is 13.6 Å². The third kappa shape index (κ3) is 3.82. The second-order valence-electron chi connectivity index (χ2n) is 6.07. The number of nitrogens with two attached hydrogens (primary N) is 1. The number of nitrogens with one attached hydrogen (secondary N) is 1. The van der Waals surface area contributed by atoms with Gasteiger partial charge >= 0.3 is 0 Å². The quantitative estimate of drug-likeness (QED) is 0.849. The molecule has 1 heterocycles. The molecule has 0 radical (unpaired) electrons. The first-order valence-corrected chi connectivity index (χ1v) is 7.96. The number of halogens is 3. The van der Waals surface area contributed by atoms with Crippen LogP contribution in [0.3, 0.4) is 0 Å². The molecular formula is C17H21ClF2N4O. The van der Waals surface area contributed by atoms with E-state index in [4.69, 9.17) is 5.73 Å². The van der Waals surface area contributed by atoms with Crippen molar-refractivity contribution in [3.63, 3.8) is 0 Å². The number of fused-ring (bicyclic) bond motifs is 1. The molecule has 0 saturated heterocycles. The second-order valence-corrected chi connectivity index (χ2v) is 6.07. The molecule has 0 atom stereocenters. The number of hydrogen-bond acceptors (Lipinski definition) is 3. The molecular weight excluding hydrogens is 350 g/mol. The van der Waals surface area contributed by atoms with Crippen LogP contribution in [0.4, 0.5) is 8.78 Å². The van der Waals surface area contributed by atoms with Crippen LogP contribution in [0.1, 0.15) is 33.7 Å². The number of amides is 1. The van der Waals surface area contributed by atoms with Crippen LogP contribution in [0.15, 0.2) is 24.3 Å². The number of carbonyl (C=O) groups excluding carboxylic acids is 1. The van der Waals surface area contributed by atoms with Gasteiger partial charge in [-0.15, -0.1) is 12.4 Å². The van der Waals surface area contributed by atoms with Crippen LogP contribution < -0.4 is 11.1 Å². The van der Waals surface area contributed by atoms with Crippen molar-refractivity contribution >= 4 is 18.3 Å². The molecule has 0 saturated carbocycles. The monoisotopic (exact) mass is 370 g/mol. The van der Waals surface area contributed by atoms with Gasteiger partial charge in [0.2, 0.25) is 0 Å². The Bertz CT molecular complexity index is 776. The van der Waals surface area contributed by atoms with E-state index in [0.717, 1.165) is 41.8 Å². The summed E-state index contributed by atoms with van der Waals surface area (Å²) < 4.78 is 28.3. The molecule has 3 N–H and O–H groups in total. The molecule has 5 nitrogen and oxygen atoms in total. The Hall–Kier alpha value is -1.99. The van der Waals surface area contributed by atoms with Gasteiger partial charge in [-0.25, -0.2) is 13.5 Å². The molecule has 1 aliphatic rings. The molecule has 3 rings (SSSR count). The van der Waals surface area contributed by atoms with Crippen LogP contribution in [0.25, 0.3) is 5.69 Å². The molecule has 0 fully saturated rings. The summed E-state index contributed by atoms with van der Waals surface area (Å²) in [6, 6.07) is 7.75. The van der Waals surface area contributed by atoms with Gasteiger partial charge in [0.05, 0.1) is 18.8 Å². The minimum absolute atomic E-state index is 0. The fourth-order valence-electron chi connectivity index (χ4n) is 2.99. The van der Waals surface area contributed by atoms with Gasteiger partial charge in [-0.2, -0.15) is 5.10 Å². The van der Waals surface area contributed by atoms with Gasteiger partial charge in [0, 0.05) is 11.3 Å². The molecule has 0 spiro atoms. The minimum atomic E-state index is -3.11. The molecule has 0 aliphatic heterocycles. The summed E-state index contributed by atoms with van der Waals surface area (Å²) in [4.78, 5) is 12.3. The van der Waals surface area contributed by atoms with E-state index in [1.165, 1.54) is 0 Å². The van der Waals surface area contributed by atoms with Crippen LogP contribution in [0, 0.1) is 6.92 Å². The van der Waals surface area contributed by atoms with Gasteiger partial charge in [-0.05, 0) is 37.8 Å². The summed E-state index contributed by atoms with van der Waals surface area (Å²) in [6.45, 7) is 0.386. The highest BCUT2D eigenvalue weighted by atomic mass is 35.5. The standard InChI is InChI=1S/C17H20F2N4O.ClH/c1-11-5-2-3-7-13(11)23-14-8-4-6-12(14)15(22-23)16(24)21-10-17(18,19)9-20;/h2-3,5,7H,4,6,8-10,20H2,1H3,(H,21,24);1H. The first-order valence-electron chi connectivity index (χ1n) is 7.96. The Morgan fingerprint density at radius 1 is 1.36 bits per heavy atom. The molecule has 1 aliphatic carbocycles. The van der Waals surface area contributed by atoms with E-state index >= 15 is 0 Å². The number of aryl methyl sites for hydroxylation is 1. The van der Waals surface area contributed by atoms with E-state index in [0.29, 0.717) is 0 Å². The summed E-state index contributed by atoms with van der Waals surface area (Å²) in [7, 11) is 0. The zero-order chi connectivity index (χ0) is 17.3. The number of alkyl halides is 2. The van der Waals surface area contributed by atoms with Gasteiger partial charge in [0.15, 0.2) is 5.69 Å². The van der Waals surface area contributed by atoms with Crippen LogP contribution in [-0.4, -0.2) is 34.7 Å². The van der Waals surface area contributed by atoms with Crippen LogP contribution in [0.5, 0.6) is 0 Å². The van der Waals surface area contributed by atoms with Crippen molar-refractivity contribution in [3.05, 3.63) is 46.8 Å². The Balaban J connectivity index is 0.00000225. The highest BCUT2D eigenvalue weighted by Crippen LogP contribution is 2.28. The average Bonchev–Trinajstić information content (AvgIpc) is 3.16. The fourth-order valence-corrected chi connectivity index (χ4v) is 2.99. The third-order valence-corrected chi connectivity index (χ3v) is 4.30. The zero-order valence-corrected chi connectivity index (χ0v) is 14.7. The molecule has 1 amide bonds. The van der Waals surface area contributed by atoms with E-state index in [2.05, 4.69) is 10.4 Å². The first kappa shape index (κ1) is 19.3. The van der Waals surface area contributed by atoms with E-state index in [1.807, 2.05) is 31.2 Å². The number of para-hydroxylation sites is 1. The lowest BCUT2D eigenvalue weighted by molar-refractivity contribution is 0.0118. The third-order valence-electron chi connectivity index (χ3n) is 4.30. The first-order chi connectivity index (χ1) is 11.4. The number of rotatable bonds is 5. The van der Waals surface area contributed by atoms with Crippen molar-refractivity contribution in [1.82, 2.24) is 15.1 Å². The zero-order valence-electron chi connectivity index (χ0n) is 13.9. The summed E-state index contributed by atoms with van der Waals surface area (Å²) >= 11 is 0. The predicted octanol–water partition coefficient (Wildman–Crippen LogP) is 2.42. The molecule has 2 aromatic rings. The summed E-state index contributed by atoms with van der Waals surface area (Å²) in [5, 5.41) is 6.67. The predicted molar refractivity (Wildman–Crippen MR) is 93.9 cm³/mol. The SMILES string of the molecule is Cc1ccccc1-n1nc(C(=O)NCC(F)(F)CN)c2c1CCC2.Cl. The number of nitrogens with zero attached hydrogens (tertiary/aromatic N) is 2. The number of carbonyl (C=O) groups is 1. The number of aromatic nitrogens is 2. The van der Waals surface area contributed by atoms with E-state index in [-0.39, 0.29) is 18.1 Å². The van der Waals surface area contributed by atoms with Gasteiger partial charge in [-0.3, -0.25) is 4.79 Å². The van der Waals surface area contributed by atoms with Crippen LogP contribution in [0.2, 0.25) is 0 Å².